The van der Waals surface area contributed by atoms with Crippen LogP contribution in [0.5, 0.6) is 0 Å². The summed E-state index contributed by atoms with van der Waals surface area (Å²) in [6.07, 6.45) is -4.68. The molecule has 2 aromatic heterocycles. The second kappa shape index (κ2) is 10.8. The minimum atomic E-state index is -4.51. The first-order chi connectivity index (χ1) is 17.8. The van der Waals surface area contributed by atoms with Gasteiger partial charge in [-0.25, -0.2) is 18.3 Å². The zero-order valence-electron chi connectivity index (χ0n) is 20.3. The van der Waals surface area contributed by atoms with Crippen molar-refractivity contribution in [1.29, 1.82) is 0 Å². The monoisotopic (exact) mass is 546 g/mol. The highest BCUT2D eigenvalue weighted by molar-refractivity contribution is 5.94. The number of rotatable bonds is 8. The van der Waals surface area contributed by atoms with Crippen LogP contribution in [0, 0.1) is 5.92 Å². The predicted octanol–water partition coefficient (Wildman–Crippen LogP) is 2.97. The SMILES string of the molecule is CC1NOC=C1C(=O)N[C@H](c1cn2ncc([C@@H](O)NC(=O)CCC(F)(F)F)cc2n1)C1CCC(F)(F)CC1. The summed E-state index contributed by atoms with van der Waals surface area (Å²) in [7, 11) is 0. The molecular formula is C23H27F5N6O4. The molecule has 3 heterocycles. The zero-order valence-corrected chi connectivity index (χ0v) is 20.3. The Morgan fingerprint density at radius 3 is 2.63 bits per heavy atom. The normalized spacial score (nSPS) is 21.4. The number of alkyl halides is 5. The summed E-state index contributed by atoms with van der Waals surface area (Å²) in [5.41, 5.74) is 3.58. The second-order valence-corrected chi connectivity index (χ2v) is 9.52. The van der Waals surface area contributed by atoms with E-state index in [9.17, 15) is 36.6 Å². The molecule has 0 spiro atoms. The molecule has 2 amide bonds. The van der Waals surface area contributed by atoms with Crippen LogP contribution >= 0.6 is 0 Å². The van der Waals surface area contributed by atoms with Crippen LogP contribution in [0.4, 0.5) is 22.0 Å². The molecule has 2 aliphatic rings. The molecule has 1 fully saturated rings. The van der Waals surface area contributed by atoms with Crippen molar-refractivity contribution in [1.82, 2.24) is 30.7 Å². The second-order valence-electron chi connectivity index (χ2n) is 9.52. The Morgan fingerprint density at radius 2 is 2.00 bits per heavy atom. The Balaban J connectivity index is 1.54. The Hall–Kier alpha value is -3.33. The lowest BCUT2D eigenvalue weighted by molar-refractivity contribution is -0.145. The Kier molecular flexibility index (Phi) is 7.88. The quantitative estimate of drug-likeness (QED) is 0.296. The Morgan fingerprint density at radius 1 is 1.29 bits per heavy atom. The lowest BCUT2D eigenvalue weighted by Gasteiger charge is -2.33. The van der Waals surface area contributed by atoms with Crippen molar-refractivity contribution in [3.05, 3.63) is 41.6 Å². The number of imidazole rings is 1. The van der Waals surface area contributed by atoms with Gasteiger partial charge in [0.05, 0.1) is 42.2 Å². The van der Waals surface area contributed by atoms with E-state index in [1.165, 1.54) is 29.2 Å². The Bertz CT molecular complexity index is 1210. The molecule has 4 N–H and O–H groups in total. The van der Waals surface area contributed by atoms with Crippen molar-refractivity contribution in [3.8, 4) is 0 Å². The van der Waals surface area contributed by atoms with Crippen LogP contribution < -0.4 is 16.1 Å². The van der Waals surface area contributed by atoms with Crippen LogP contribution in [0.1, 0.15) is 69.0 Å². The van der Waals surface area contributed by atoms with Crippen molar-refractivity contribution in [2.24, 2.45) is 5.92 Å². The highest BCUT2D eigenvalue weighted by Gasteiger charge is 2.40. The highest BCUT2D eigenvalue weighted by atomic mass is 19.4. The minimum absolute atomic E-state index is 0.0704. The van der Waals surface area contributed by atoms with Gasteiger partial charge in [-0.3, -0.25) is 9.59 Å². The van der Waals surface area contributed by atoms with Crippen LogP contribution in [0.2, 0.25) is 0 Å². The number of aliphatic hydroxyl groups is 1. The van der Waals surface area contributed by atoms with Gasteiger partial charge in [0, 0.05) is 24.8 Å². The Labute approximate surface area is 213 Å². The van der Waals surface area contributed by atoms with Gasteiger partial charge in [-0.05, 0) is 31.7 Å². The highest BCUT2D eigenvalue weighted by Crippen LogP contribution is 2.41. The van der Waals surface area contributed by atoms with Crippen LogP contribution in [0.25, 0.3) is 5.65 Å². The summed E-state index contributed by atoms with van der Waals surface area (Å²) in [6, 6.07) is 0.257. The van der Waals surface area contributed by atoms with Gasteiger partial charge in [-0.15, -0.1) is 5.48 Å². The van der Waals surface area contributed by atoms with Crippen LogP contribution in [-0.4, -0.2) is 49.7 Å². The van der Waals surface area contributed by atoms with Gasteiger partial charge in [-0.2, -0.15) is 18.3 Å². The number of fused-ring (bicyclic) bond motifs is 1. The average Bonchev–Trinajstić information content (AvgIpc) is 3.46. The first-order valence-electron chi connectivity index (χ1n) is 12.0. The van der Waals surface area contributed by atoms with Crippen LogP contribution in [0.15, 0.2) is 30.3 Å². The fraction of sp³-hybridized carbons (Fsp3) is 0.565. The number of hydrogen-bond donors (Lipinski definition) is 4. The number of halogens is 5. The van der Waals surface area contributed by atoms with Crippen molar-refractivity contribution in [2.75, 3.05) is 0 Å². The molecule has 1 unspecified atom stereocenters. The molecular weight excluding hydrogens is 519 g/mol. The maximum atomic E-state index is 13.8. The third-order valence-electron chi connectivity index (χ3n) is 6.61. The number of carbonyl (C=O) groups is 2. The van der Waals surface area contributed by atoms with E-state index in [4.69, 9.17) is 4.84 Å². The van der Waals surface area contributed by atoms with E-state index in [-0.39, 0.29) is 48.9 Å². The van der Waals surface area contributed by atoms with E-state index >= 15 is 0 Å². The number of nitrogens with one attached hydrogen (secondary N) is 3. The molecule has 0 aromatic carbocycles. The van der Waals surface area contributed by atoms with E-state index < -0.39 is 49.0 Å². The molecule has 1 aliphatic carbocycles. The lowest BCUT2D eigenvalue weighted by atomic mass is 9.81. The number of carbonyl (C=O) groups excluding carboxylic acids is 2. The van der Waals surface area contributed by atoms with Gasteiger partial charge in [-0.1, -0.05) is 0 Å². The third kappa shape index (κ3) is 6.75. The van der Waals surface area contributed by atoms with E-state index in [0.717, 1.165) is 0 Å². The summed E-state index contributed by atoms with van der Waals surface area (Å²) in [6.45, 7) is 1.72. The number of nitrogens with zero attached hydrogens (tertiary/aromatic N) is 3. The summed E-state index contributed by atoms with van der Waals surface area (Å²) in [4.78, 5) is 34.2. The van der Waals surface area contributed by atoms with Crippen molar-refractivity contribution >= 4 is 17.5 Å². The number of aliphatic hydroxyl groups excluding tert-OH is 1. The molecule has 0 bridgehead atoms. The average molecular weight is 546 g/mol. The van der Waals surface area contributed by atoms with Gasteiger partial charge in [0.15, 0.2) is 11.9 Å². The van der Waals surface area contributed by atoms with E-state index in [1.54, 1.807) is 6.92 Å². The number of hydrogen-bond acceptors (Lipinski definition) is 7. The maximum Gasteiger partial charge on any atom is 0.389 e. The molecule has 15 heteroatoms. The van der Waals surface area contributed by atoms with E-state index in [2.05, 4.69) is 26.2 Å². The molecule has 10 nitrogen and oxygen atoms in total. The molecule has 38 heavy (non-hydrogen) atoms. The number of hydroxylamine groups is 1. The minimum Gasteiger partial charge on any atom is -0.415 e. The van der Waals surface area contributed by atoms with Gasteiger partial charge in [0.1, 0.15) is 6.26 Å². The van der Waals surface area contributed by atoms with Crippen LogP contribution in [-0.2, 0) is 14.4 Å². The van der Waals surface area contributed by atoms with E-state index in [0.29, 0.717) is 11.3 Å². The largest absolute Gasteiger partial charge is 0.415 e. The van der Waals surface area contributed by atoms with Crippen molar-refractivity contribution in [2.45, 2.75) is 75.9 Å². The molecule has 0 radical (unpaired) electrons. The summed E-state index contributed by atoms with van der Waals surface area (Å²) >= 11 is 0. The van der Waals surface area contributed by atoms with Gasteiger partial charge < -0.3 is 20.6 Å². The van der Waals surface area contributed by atoms with Crippen molar-refractivity contribution in [3.63, 3.8) is 0 Å². The van der Waals surface area contributed by atoms with Gasteiger partial charge >= 0.3 is 6.18 Å². The molecule has 208 valence electrons. The summed E-state index contributed by atoms with van der Waals surface area (Å²) in [5.74, 6) is -4.56. The van der Waals surface area contributed by atoms with Crippen molar-refractivity contribution < 1.29 is 41.5 Å². The smallest absolute Gasteiger partial charge is 0.389 e. The molecule has 2 aromatic rings. The lowest BCUT2D eigenvalue weighted by Crippen LogP contribution is -2.39. The number of aromatic nitrogens is 3. The van der Waals surface area contributed by atoms with Crippen LogP contribution in [0.3, 0.4) is 0 Å². The number of amides is 2. The first kappa shape index (κ1) is 27.7. The molecule has 3 atom stereocenters. The summed E-state index contributed by atoms with van der Waals surface area (Å²) in [5, 5.41) is 19.3. The third-order valence-corrected chi connectivity index (χ3v) is 6.61. The van der Waals surface area contributed by atoms with E-state index in [1.807, 2.05) is 0 Å². The standard InChI is InChI=1S/C23H27F5N6O4/c1-12-15(11-38-33-12)21(37)32-19(13-2-5-22(24,25)6-3-13)16-10-34-17(30-16)8-14(9-29-34)20(36)31-18(35)4-7-23(26,27)28/h8-13,19-20,33,36H,2-7H2,1H3,(H,31,35)(H,32,37)/t12?,19-,20+/m0/s1. The molecule has 1 saturated carbocycles. The fourth-order valence-corrected chi connectivity index (χ4v) is 4.44. The summed E-state index contributed by atoms with van der Waals surface area (Å²) < 4.78 is 66.0. The molecule has 0 saturated heterocycles. The first-order valence-corrected chi connectivity index (χ1v) is 12.0. The van der Waals surface area contributed by atoms with Gasteiger partial charge in [0.25, 0.3) is 5.91 Å². The topological polar surface area (TPSA) is 130 Å². The fourth-order valence-electron chi connectivity index (χ4n) is 4.44. The predicted molar refractivity (Wildman–Crippen MR) is 121 cm³/mol. The maximum absolute atomic E-state index is 13.8. The zero-order chi connectivity index (χ0) is 27.7. The van der Waals surface area contributed by atoms with Gasteiger partial charge in [0.2, 0.25) is 11.8 Å². The molecule has 4 rings (SSSR count). The molecule has 1 aliphatic heterocycles.